The van der Waals surface area contributed by atoms with Crippen LogP contribution in [0, 0.1) is 11.7 Å². The van der Waals surface area contributed by atoms with Crippen LogP contribution in [0.15, 0.2) is 16.6 Å². The molecule has 0 saturated carbocycles. The summed E-state index contributed by atoms with van der Waals surface area (Å²) in [6.07, 6.45) is 4.14. The van der Waals surface area contributed by atoms with Gasteiger partial charge in [-0.2, -0.15) is 0 Å². The molecule has 1 atom stereocenters. The van der Waals surface area contributed by atoms with Gasteiger partial charge in [0.15, 0.2) is 0 Å². The number of nitrogens with zero attached hydrogens (tertiary/aromatic N) is 1. The van der Waals surface area contributed by atoms with E-state index in [9.17, 15) is 4.39 Å². The van der Waals surface area contributed by atoms with E-state index in [1.165, 1.54) is 6.07 Å². The molecule has 1 aromatic heterocycles. The van der Waals surface area contributed by atoms with Gasteiger partial charge in [0.25, 0.3) is 0 Å². The van der Waals surface area contributed by atoms with Gasteiger partial charge in [-0.3, -0.25) is 0 Å². The molecular formula is C14H19BrFN3. The molecule has 0 aliphatic carbocycles. The number of halogens is 2. The third-order valence-corrected chi connectivity index (χ3v) is 4.12. The first-order valence-electron chi connectivity index (χ1n) is 6.67. The summed E-state index contributed by atoms with van der Waals surface area (Å²) in [7, 11) is 0. The standard InChI is InChI=1S/C14H19BrFN3/c1-2-9(5-6-17)3-4-14-18-12-7-10(15)11(16)8-13(12)19-14/h7-9H,2-6,17H2,1H3,(H,18,19). The van der Waals surface area contributed by atoms with Gasteiger partial charge in [0.05, 0.1) is 15.5 Å². The van der Waals surface area contributed by atoms with Gasteiger partial charge in [-0.05, 0) is 47.3 Å². The average molecular weight is 328 g/mol. The van der Waals surface area contributed by atoms with Crippen LogP contribution in [0.2, 0.25) is 0 Å². The SMILES string of the molecule is CCC(CCN)CCc1nc2cc(Br)c(F)cc2[nH]1. The Bertz CT molecular complexity index is 514. The maximum absolute atomic E-state index is 13.4. The zero-order valence-electron chi connectivity index (χ0n) is 11.0. The van der Waals surface area contributed by atoms with Gasteiger partial charge < -0.3 is 10.7 Å². The van der Waals surface area contributed by atoms with E-state index in [4.69, 9.17) is 5.73 Å². The molecule has 0 bridgehead atoms. The molecule has 0 spiro atoms. The third kappa shape index (κ3) is 3.54. The quantitative estimate of drug-likeness (QED) is 0.848. The molecule has 3 nitrogen and oxygen atoms in total. The minimum absolute atomic E-state index is 0.266. The molecule has 0 aliphatic heterocycles. The highest BCUT2D eigenvalue weighted by Crippen LogP contribution is 2.23. The van der Waals surface area contributed by atoms with Crippen LogP contribution in [0.1, 0.15) is 32.0 Å². The lowest BCUT2D eigenvalue weighted by Gasteiger charge is -2.11. The summed E-state index contributed by atoms with van der Waals surface area (Å²) in [6, 6.07) is 3.19. The average Bonchev–Trinajstić information content (AvgIpc) is 2.77. The zero-order chi connectivity index (χ0) is 13.8. The number of aryl methyl sites for hydroxylation is 1. The maximum atomic E-state index is 13.4. The Balaban J connectivity index is 2.09. The molecular weight excluding hydrogens is 309 g/mol. The van der Waals surface area contributed by atoms with Crippen LogP contribution in [0.4, 0.5) is 4.39 Å². The van der Waals surface area contributed by atoms with Crippen LogP contribution in [-0.2, 0) is 6.42 Å². The molecule has 2 aromatic rings. The van der Waals surface area contributed by atoms with Crippen molar-refractivity contribution in [3.05, 3.63) is 28.2 Å². The highest BCUT2D eigenvalue weighted by Gasteiger charge is 2.10. The Morgan fingerprint density at radius 1 is 1.42 bits per heavy atom. The fourth-order valence-electron chi connectivity index (χ4n) is 2.31. The molecule has 3 N–H and O–H groups in total. The van der Waals surface area contributed by atoms with E-state index in [1.807, 2.05) is 0 Å². The van der Waals surface area contributed by atoms with Gasteiger partial charge in [-0.1, -0.05) is 13.3 Å². The second-order valence-electron chi connectivity index (χ2n) is 4.86. The third-order valence-electron chi connectivity index (χ3n) is 3.51. The number of imidazole rings is 1. The van der Waals surface area contributed by atoms with Crippen LogP contribution in [0.5, 0.6) is 0 Å². The first-order valence-corrected chi connectivity index (χ1v) is 7.47. The van der Waals surface area contributed by atoms with Gasteiger partial charge in [0.2, 0.25) is 0 Å². The Labute approximate surface area is 120 Å². The number of nitrogens with two attached hydrogens (primary N) is 1. The Morgan fingerprint density at radius 3 is 2.89 bits per heavy atom. The van der Waals surface area contributed by atoms with Crippen LogP contribution in [-0.4, -0.2) is 16.5 Å². The van der Waals surface area contributed by atoms with E-state index in [0.29, 0.717) is 10.4 Å². The lowest BCUT2D eigenvalue weighted by molar-refractivity contribution is 0.440. The summed E-state index contributed by atoms with van der Waals surface area (Å²) in [5.74, 6) is 1.29. The van der Waals surface area contributed by atoms with Gasteiger partial charge in [0.1, 0.15) is 11.6 Å². The second kappa shape index (κ2) is 6.48. The zero-order valence-corrected chi connectivity index (χ0v) is 12.6. The highest BCUT2D eigenvalue weighted by molar-refractivity contribution is 9.10. The molecule has 0 radical (unpaired) electrons. The molecule has 5 heteroatoms. The molecule has 104 valence electrons. The van der Waals surface area contributed by atoms with Crippen LogP contribution in [0.25, 0.3) is 11.0 Å². The van der Waals surface area contributed by atoms with Gasteiger partial charge in [-0.15, -0.1) is 0 Å². The minimum atomic E-state index is -0.266. The summed E-state index contributed by atoms with van der Waals surface area (Å²) >= 11 is 3.18. The molecule has 1 unspecified atom stereocenters. The highest BCUT2D eigenvalue weighted by atomic mass is 79.9. The largest absolute Gasteiger partial charge is 0.342 e. The fourth-order valence-corrected chi connectivity index (χ4v) is 2.64. The molecule has 19 heavy (non-hydrogen) atoms. The van der Waals surface area contributed by atoms with Crippen molar-refractivity contribution in [2.24, 2.45) is 11.7 Å². The van der Waals surface area contributed by atoms with Gasteiger partial charge >= 0.3 is 0 Å². The van der Waals surface area contributed by atoms with Crippen molar-refractivity contribution in [1.82, 2.24) is 9.97 Å². The predicted molar refractivity (Wildman–Crippen MR) is 79.5 cm³/mol. The number of benzene rings is 1. The lowest BCUT2D eigenvalue weighted by Crippen LogP contribution is -2.09. The van der Waals surface area contributed by atoms with Crippen molar-refractivity contribution in [2.45, 2.75) is 32.6 Å². The Hall–Kier alpha value is -0.940. The van der Waals surface area contributed by atoms with Crippen molar-refractivity contribution in [1.29, 1.82) is 0 Å². The Morgan fingerprint density at radius 2 is 2.21 bits per heavy atom. The Kier molecular flexibility index (Phi) is 4.93. The van der Waals surface area contributed by atoms with Crippen molar-refractivity contribution < 1.29 is 4.39 Å². The van der Waals surface area contributed by atoms with Crippen molar-refractivity contribution in [3.63, 3.8) is 0 Å². The van der Waals surface area contributed by atoms with E-state index < -0.39 is 0 Å². The van der Waals surface area contributed by atoms with Crippen molar-refractivity contribution in [2.75, 3.05) is 6.54 Å². The fraction of sp³-hybridized carbons (Fsp3) is 0.500. The molecule has 0 saturated heterocycles. The number of H-pyrrole nitrogens is 1. The van der Waals surface area contributed by atoms with Gasteiger partial charge in [0, 0.05) is 12.5 Å². The predicted octanol–water partition coefficient (Wildman–Crippen LogP) is 3.77. The summed E-state index contributed by atoms with van der Waals surface area (Å²) in [4.78, 5) is 7.68. The topological polar surface area (TPSA) is 54.7 Å². The van der Waals surface area contributed by atoms with Crippen LogP contribution in [0.3, 0.4) is 0 Å². The molecule has 1 aromatic carbocycles. The maximum Gasteiger partial charge on any atom is 0.139 e. The summed E-state index contributed by atoms with van der Waals surface area (Å²) < 4.78 is 13.9. The number of hydrogen-bond acceptors (Lipinski definition) is 2. The van der Waals surface area contributed by atoms with Crippen LogP contribution >= 0.6 is 15.9 Å². The summed E-state index contributed by atoms with van der Waals surface area (Å²) in [5, 5.41) is 0. The van der Waals surface area contributed by atoms with E-state index in [1.54, 1.807) is 6.07 Å². The van der Waals surface area contributed by atoms with E-state index >= 15 is 0 Å². The number of hydrogen-bond donors (Lipinski definition) is 2. The molecule has 0 aliphatic rings. The summed E-state index contributed by atoms with van der Waals surface area (Å²) in [6.45, 7) is 2.92. The van der Waals surface area contributed by atoms with Crippen molar-refractivity contribution in [3.8, 4) is 0 Å². The minimum Gasteiger partial charge on any atom is -0.342 e. The molecule has 2 rings (SSSR count). The van der Waals surface area contributed by atoms with E-state index in [-0.39, 0.29) is 5.82 Å². The van der Waals surface area contributed by atoms with E-state index in [0.717, 1.165) is 49.1 Å². The second-order valence-corrected chi connectivity index (χ2v) is 5.71. The van der Waals surface area contributed by atoms with Crippen LogP contribution < -0.4 is 5.73 Å². The molecule has 0 amide bonds. The normalized spacial score (nSPS) is 13.1. The first-order chi connectivity index (χ1) is 9.13. The number of aromatic amines is 1. The summed E-state index contributed by atoms with van der Waals surface area (Å²) in [5.41, 5.74) is 7.15. The number of rotatable bonds is 6. The monoisotopic (exact) mass is 327 g/mol. The smallest absolute Gasteiger partial charge is 0.139 e. The number of nitrogens with one attached hydrogen (secondary N) is 1. The van der Waals surface area contributed by atoms with Crippen molar-refractivity contribution >= 4 is 27.0 Å². The molecule has 0 fully saturated rings. The lowest BCUT2D eigenvalue weighted by atomic mass is 9.96. The number of aromatic nitrogens is 2. The number of fused-ring (bicyclic) bond motifs is 1. The molecule has 1 heterocycles. The first kappa shape index (κ1) is 14.5. The van der Waals surface area contributed by atoms with Gasteiger partial charge in [-0.25, -0.2) is 9.37 Å². The van der Waals surface area contributed by atoms with E-state index in [2.05, 4.69) is 32.8 Å².